The number of hydrogen-bond acceptors (Lipinski definition) is 4. The van der Waals surface area contributed by atoms with E-state index >= 15 is 0 Å². The van der Waals surface area contributed by atoms with E-state index in [4.69, 9.17) is 0 Å². The summed E-state index contributed by atoms with van der Waals surface area (Å²) in [6, 6.07) is 5.06. The Morgan fingerprint density at radius 1 is 1.56 bits per heavy atom. The number of nitrogens with one attached hydrogen (secondary N) is 1. The van der Waals surface area contributed by atoms with Gasteiger partial charge in [0.05, 0.1) is 19.2 Å². The maximum atomic E-state index is 11.2. The van der Waals surface area contributed by atoms with Gasteiger partial charge in [-0.25, -0.2) is 4.79 Å². The van der Waals surface area contributed by atoms with Crippen molar-refractivity contribution < 1.29 is 19.4 Å². The standard InChI is InChI=1S/C11H11NO4/c1-16-11(15)10(14)7-4-2-3-6-5-8(13)12-9(6)7/h2-4,10,14H,5H2,1H3,(H,12,13). The number of benzene rings is 1. The molecule has 5 nitrogen and oxygen atoms in total. The van der Waals surface area contributed by atoms with Crippen LogP contribution in [0.1, 0.15) is 17.2 Å². The van der Waals surface area contributed by atoms with Gasteiger partial charge in [-0.3, -0.25) is 4.79 Å². The number of fused-ring (bicyclic) bond motifs is 1. The van der Waals surface area contributed by atoms with Crippen LogP contribution in [0, 0.1) is 0 Å². The second kappa shape index (κ2) is 3.94. The van der Waals surface area contributed by atoms with Crippen molar-refractivity contribution in [3.63, 3.8) is 0 Å². The van der Waals surface area contributed by atoms with Crippen molar-refractivity contribution >= 4 is 17.6 Å². The van der Waals surface area contributed by atoms with E-state index in [9.17, 15) is 14.7 Å². The molecule has 0 saturated heterocycles. The quantitative estimate of drug-likeness (QED) is 0.708. The number of carbonyl (C=O) groups is 2. The van der Waals surface area contributed by atoms with Crippen LogP contribution in [-0.4, -0.2) is 24.1 Å². The lowest BCUT2D eigenvalue weighted by molar-refractivity contribution is -0.150. The molecule has 2 rings (SSSR count). The van der Waals surface area contributed by atoms with Crippen molar-refractivity contribution in [2.24, 2.45) is 0 Å². The first-order chi connectivity index (χ1) is 7.63. The van der Waals surface area contributed by atoms with E-state index in [1.165, 1.54) is 7.11 Å². The number of hydrogen-bond donors (Lipinski definition) is 2. The molecule has 1 aliphatic rings. The van der Waals surface area contributed by atoms with E-state index in [-0.39, 0.29) is 12.3 Å². The zero-order valence-corrected chi connectivity index (χ0v) is 8.69. The van der Waals surface area contributed by atoms with Gasteiger partial charge in [0.25, 0.3) is 0 Å². The fourth-order valence-corrected chi connectivity index (χ4v) is 1.74. The zero-order chi connectivity index (χ0) is 11.7. The number of para-hydroxylation sites is 1. The summed E-state index contributed by atoms with van der Waals surface area (Å²) in [4.78, 5) is 22.4. The lowest BCUT2D eigenvalue weighted by Gasteiger charge is -2.12. The molecule has 1 atom stereocenters. The summed E-state index contributed by atoms with van der Waals surface area (Å²) in [5, 5.41) is 12.3. The topological polar surface area (TPSA) is 75.6 Å². The Morgan fingerprint density at radius 2 is 2.31 bits per heavy atom. The number of aliphatic hydroxyl groups is 1. The largest absolute Gasteiger partial charge is 0.467 e. The summed E-state index contributed by atoms with van der Waals surface area (Å²) in [7, 11) is 1.20. The predicted molar refractivity (Wildman–Crippen MR) is 55.8 cm³/mol. The van der Waals surface area contributed by atoms with E-state index in [0.717, 1.165) is 5.56 Å². The molecule has 84 valence electrons. The molecule has 5 heteroatoms. The van der Waals surface area contributed by atoms with Gasteiger partial charge >= 0.3 is 5.97 Å². The molecule has 1 aliphatic heterocycles. The Kier molecular flexibility index (Phi) is 2.62. The van der Waals surface area contributed by atoms with Crippen LogP contribution in [0.3, 0.4) is 0 Å². The maximum absolute atomic E-state index is 11.2. The Balaban J connectivity index is 2.40. The molecule has 0 spiro atoms. The lowest BCUT2D eigenvalue weighted by atomic mass is 10.0. The first kappa shape index (κ1) is 10.6. The molecule has 0 bridgehead atoms. The molecule has 1 amide bonds. The van der Waals surface area contributed by atoms with Crippen molar-refractivity contribution in [2.75, 3.05) is 12.4 Å². The third-order valence-corrected chi connectivity index (χ3v) is 2.52. The van der Waals surface area contributed by atoms with Gasteiger partial charge in [0.15, 0.2) is 6.10 Å². The summed E-state index contributed by atoms with van der Waals surface area (Å²) in [6.45, 7) is 0. The van der Waals surface area contributed by atoms with Gasteiger partial charge in [0.2, 0.25) is 5.91 Å². The molecule has 0 fully saturated rings. The van der Waals surface area contributed by atoms with E-state index < -0.39 is 12.1 Å². The first-order valence-corrected chi connectivity index (χ1v) is 4.81. The average molecular weight is 221 g/mol. The van der Waals surface area contributed by atoms with E-state index in [0.29, 0.717) is 11.3 Å². The maximum Gasteiger partial charge on any atom is 0.339 e. The molecular formula is C11H11NO4. The molecule has 0 saturated carbocycles. The van der Waals surface area contributed by atoms with Crippen LogP contribution < -0.4 is 5.32 Å². The predicted octanol–water partition coefficient (Wildman–Crippen LogP) is 0.388. The van der Waals surface area contributed by atoms with Gasteiger partial charge in [-0.15, -0.1) is 0 Å². The van der Waals surface area contributed by atoms with Gasteiger partial charge in [0.1, 0.15) is 0 Å². The second-order valence-corrected chi connectivity index (χ2v) is 3.53. The van der Waals surface area contributed by atoms with Gasteiger partial charge in [0, 0.05) is 5.56 Å². The van der Waals surface area contributed by atoms with Crippen molar-refractivity contribution in [2.45, 2.75) is 12.5 Å². The minimum atomic E-state index is -1.36. The summed E-state index contributed by atoms with van der Waals surface area (Å²) in [6.07, 6.45) is -1.09. The summed E-state index contributed by atoms with van der Waals surface area (Å²) >= 11 is 0. The Labute approximate surface area is 92.0 Å². The highest BCUT2D eigenvalue weighted by Gasteiger charge is 2.27. The number of amides is 1. The molecule has 0 aromatic heterocycles. The van der Waals surface area contributed by atoms with Crippen molar-refractivity contribution in [3.8, 4) is 0 Å². The number of esters is 1. The van der Waals surface area contributed by atoms with Crippen LogP contribution in [0.5, 0.6) is 0 Å². The van der Waals surface area contributed by atoms with Crippen molar-refractivity contribution in [1.82, 2.24) is 0 Å². The molecular weight excluding hydrogens is 210 g/mol. The molecule has 1 heterocycles. The van der Waals surface area contributed by atoms with Crippen LogP contribution in [0.25, 0.3) is 0 Å². The Morgan fingerprint density at radius 3 is 3.00 bits per heavy atom. The molecule has 1 aromatic carbocycles. The molecule has 0 aliphatic carbocycles. The number of anilines is 1. The highest BCUT2D eigenvalue weighted by molar-refractivity contribution is 6.00. The van der Waals surface area contributed by atoms with Gasteiger partial charge in [-0.2, -0.15) is 0 Å². The van der Waals surface area contributed by atoms with E-state index in [1.54, 1.807) is 18.2 Å². The average Bonchev–Trinajstić information content (AvgIpc) is 2.66. The highest BCUT2D eigenvalue weighted by atomic mass is 16.5. The summed E-state index contributed by atoms with van der Waals surface area (Å²) < 4.78 is 4.45. The van der Waals surface area contributed by atoms with Gasteiger partial charge < -0.3 is 15.2 Å². The third kappa shape index (κ3) is 1.65. The molecule has 16 heavy (non-hydrogen) atoms. The number of rotatable bonds is 2. The van der Waals surface area contributed by atoms with Crippen LogP contribution in [-0.2, 0) is 20.7 Å². The lowest BCUT2D eigenvalue weighted by Crippen LogP contribution is -2.15. The summed E-state index contributed by atoms with van der Waals surface area (Å²) in [5.41, 5.74) is 1.67. The monoisotopic (exact) mass is 221 g/mol. The van der Waals surface area contributed by atoms with Crippen LogP contribution >= 0.6 is 0 Å². The molecule has 0 radical (unpaired) electrons. The Bertz CT molecular complexity index is 455. The van der Waals surface area contributed by atoms with Gasteiger partial charge in [-0.1, -0.05) is 18.2 Å². The smallest absolute Gasteiger partial charge is 0.339 e. The number of methoxy groups -OCH3 is 1. The number of ether oxygens (including phenoxy) is 1. The first-order valence-electron chi connectivity index (χ1n) is 4.81. The molecule has 1 unspecified atom stereocenters. The second-order valence-electron chi connectivity index (χ2n) is 3.53. The zero-order valence-electron chi connectivity index (χ0n) is 8.69. The summed E-state index contributed by atoms with van der Waals surface area (Å²) in [5.74, 6) is -0.880. The van der Waals surface area contributed by atoms with Crippen LogP contribution in [0.2, 0.25) is 0 Å². The highest BCUT2D eigenvalue weighted by Crippen LogP contribution is 2.31. The minimum Gasteiger partial charge on any atom is -0.467 e. The Hall–Kier alpha value is -1.88. The van der Waals surface area contributed by atoms with Crippen molar-refractivity contribution in [1.29, 1.82) is 0 Å². The fourth-order valence-electron chi connectivity index (χ4n) is 1.74. The molecule has 2 N–H and O–H groups in total. The number of carbonyl (C=O) groups excluding carboxylic acids is 2. The SMILES string of the molecule is COC(=O)C(O)c1cccc2c1NC(=O)C2. The van der Waals surface area contributed by atoms with Crippen molar-refractivity contribution in [3.05, 3.63) is 29.3 Å². The molecule has 1 aromatic rings. The van der Waals surface area contributed by atoms with Crippen LogP contribution in [0.15, 0.2) is 18.2 Å². The third-order valence-electron chi connectivity index (χ3n) is 2.52. The minimum absolute atomic E-state index is 0.139. The fraction of sp³-hybridized carbons (Fsp3) is 0.273. The van der Waals surface area contributed by atoms with E-state index in [1.807, 2.05) is 0 Å². The van der Waals surface area contributed by atoms with Crippen LogP contribution in [0.4, 0.5) is 5.69 Å². The number of aliphatic hydroxyl groups excluding tert-OH is 1. The van der Waals surface area contributed by atoms with Gasteiger partial charge in [-0.05, 0) is 5.56 Å². The normalized spacial score (nSPS) is 15.2. The van der Waals surface area contributed by atoms with E-state index in [2.05, 4.69) is 10.1 Å².